The molecular formula is C24H24F4N6O3S. The molecule has 4 aliphatic rings. The quantitative estimate of drug-likeness (QED) is 0.487. The Morgan fingerprint density at radius 1 is 1.16 bits per heavy atom. The minimum Gasteiger partial charge on any atom is -0.265 e. The molecule has 2 unspecified atom stereocenters. The van der Waals surface area contributed by atoms with Crippen molar-refractivity contribution in [1.29, 1.82) is 0 Å². The third kappa shape index (κ3) is 4.89. The molecule has 2 atom stereocenters. The molecule has 1 saturated heterocycles. The monoisotopic (exact) mass is 552 g/mol. The lowest BCUT2D eigenvalue weighted by molar-refractivity contribution is -0.0946. The SMILES string of the molecule is CC1C=CC=C(C(F)(F)F)C1S(=O)(=O)N1CCC(c2nc3n(Cc4cccc(F)c4)[nH]nc-3c(=O)n2)CC1. The number of sulfonamides is 1. The number of hydrogen-bond acceptors (Lipinski definition) is 6. The molecule has 14 heteroatoms. The molecule has 38 heavy (non-hydrogen) atoms. The average Bonchev–Trinajstić information content (AvgIpc) is 3.26. The lowest BCUT2D eigenvalue weighted by Gasteiger charge is -2.36. The van der Waals surface area contributed by atoms with E-state index < -0.39 is 44.3 Å². The minimum atomic E-state index is -4.77. The van der Waals surface area contributed by atoms with Crippen LogP contribution in [0.2, 0.25) is 0 Å². The summed E-state index contributed by atoms with van der Waals surface area (Å²) >= 11 is 0. The Kier molecular flexibility index (Phi) is 6.71. The van der Waals surface area contributed by atoms with Crippen LogP contribution in [0.15, 0.2) is 52.9 Å². The Morgan fingerprint density at radius 2 is 1.89 bits per heavy atom. The fraction of sp³-hybridized carbons (Fsp3) is 0.417. The minimum absolute atomic E-state index is 0.0102. The predicted molar refractivity (Wildman–Crippen MR) is 129 cm³/mol. The molecule has 0 spiro atoms. The number of piperidine rings is 1. The molecule has 0 aromatic heterocycles. The zero-order valence-corrected chi connectivity index (χ0v) is 21.0. The van der Waals surface area contributed by atoms with Crippen LogP contribution in [0.25, 0.3) is 11.5 Å². The first-order chi connectivity index (χ1) is 17.9. The average molecular weight is 553 g/mol. The van der Waals surface area contributed by atoms with Crippen molar-refractivity contribution in [1.82, 2.24) is 29.3 Å². The van der Waals surface area contributed by atoms with Gasteiger partial charge in [0.1, 0.15) is 16.9 Å². The van der Waals surface area contributed by atoms with Crippen LogP contribution >= 0.6 is 0 Å². The summed E-state index contributed by atoms with van der Waals surface area (Å²) in [7, 11) is -4.31. The number of hydrogen-bond donors (Lipinski definition) is 1. The number of aromatic nitrogens is 5. The van der Waals surface area contributed by atoms with Gasteiger partial charge in [0.2, 0.25) is 10.0 Å². The first-order valence-electron chi connectivity index (χ1n) is 12.0. The van der Waals surface area contributed by atoms with Crippen LogP contribution in [0.1, 0.15) is 37.1 Å². The summed E-state index contributed by atoms with van der Waals surface area (Å²) in [4.78, 5) is 21.2. The van der Waals surface area contributed by atoms with Gasteiger partial charge in [-0.15, -0.1) is 0 Å². The second-order valence-corrected chi connectivity index (χ2v) is 11.5. The number of aromatic amines is 1. The van der Waals surface area contributed by atoms with E-state index in [1.807, 2.05) is 0 Å². The number of benzene rings is 1. The van der Waals surface area contributed by atoms with Crippen LogP contribution in [-0.2, 0) is 16.6 Å². The molecule has 3 heterocycles. The van der Waals surface area contributed by atoms with Crippen LogP contribution in [0.3, 0.4) is 0 Å². The van der Waals surface area contributed by atoms with E-state index in [0.717, 1.165) is 10.4 Å². The summed E-state index contributed by atoms with van der Waals surface area (Å²) in [6.07, 6.45) is -0.808. The highest BCUT2D eigenvalue weighted by Gasteiger charge is 2.49. The molecule has 5 rings (SSSR count). The Morgan fingerprint density at radius 3 is 2.58 bits per heavy atom. The fourth-order valence-corrected chi connectivity index (χ4v) is 7.23. The largest absolute Gasteiger partial charge is 0.414 e. The van der Waals surface area contributed by atoms with Gasteiger partial charge >= 0.3 is 11.7 Å². The number of allylic oxidation sites excluding steroid dienone is 3. The number of rotatable bonds is 5. The highest BCUT2D eigenvalue weighted by Crippen LogP contribution is 2.39. The van der Waals surface area contributed by atoms with Gasteiger partial charge in [0, 0.05) is 19.0 Å². The summed E-state index contributed by atoms with van der Waals surface area (Å²) < 4.78 is 83.6. The van der Waals surface area contributed by atoms with E-state index in [4.69, 9.17) is 0 Å². The fourth-order valence-electron chi connectivity index (χ4n) is 5.02. The van der Waals surface area contributed by atoms with E-state index in [9.17, 15) is 30.8 Å². The smallest absolute Gasteiger partial charge is 0.265 e. The molecule has 9 nitrogen and oxygen atoms in total. The number of H-pyrrole nitrogens is 1. The Balaban J connectivity index is 1.36. The van der Waals surface area contributed by atoms with Crippen LogP contribution in [0.4, 0.5) is 17.6 Å². The highest BCUT2D eigenvalue weighted by molar-refractivity contribution is 7.90. The van der Waals surface area contributed by atoms with Gasteiger partial charge in [-0.05, 0) is 36.5 Å². The molecule has 202 valence electrons. The standard InChI is InChI=1S/C24H24F4N6O3S/c1-14-4-2-7-18(24(26,27)28)20(14)38(36,37)33-10-8-16(9-11-33)21-29-22-19(23(35)30-21)31-32-34(22)13-15-5-3-6-17(25)12-15/h2-7,12,14,16,20,32H,8-11,13H2,1H3. The molecule has 0 saturated carbocycles. The predicted octanol–water partition coefficient (Wildman–Crippen LogP) is 3.23. The summed E-state index contributed by atoms with van der Waals surface area (Å²) in [5.74, 6) is -1.20. The van der Waals surface area contributed by atoms with Gasteiger partial charge in [-0.3, -0.25) is 4.79 Å². The van der Waals surface area contributed by atoms with Crippen molar-refractivity contribution in [3.63, 3.8) is 0 Å². The maximum Gasteiger partial charge on any atom is 0.414 e. The lowest BCUT2D eigenvalue weighted by Crippen LogP contribution is -2.48. The van der Waals surface area contributed by atoms with Crippen molar-refractivity contribution in [2.24, 2.45) is 5.92 Å². The van der Waals surface area contributed by atoms with Crippen LogP contribution in [-0.4, -0.2) is 62.2 Å². The summed E-state index contributed by atoms with van der Waals surface area (Å²) in [5, 5.41) is 4.93. The Labute approximate surface area is 215 Å². The molecule has 1 aromatic rings. The molecule has 0 bridgehead atoms. The zero-order valence-electron chi connectivity index (χ0n) is 20.2. The number of halogens is 4. The third-order valence-electron chi connectivity index (χ3n) is 6.92. The van der Waals surface area contributed by atoms with Gasteiger partial charge in [0.05, 0.1) is 12.1 Å². The first-order valence-corrected chi connectivity index (χ1v) is 13.5. The summed E-state index contributed by atoms with van der Waals surface area (Å²) in [6.45, 7) is 1.56. The molecular weight excluding hydrogens is 528 g/mol. The second-order valence-electron chi connectivity index (χ2n) is 9.49. The van der Waals surface area contributed by atoms with E-state index in [-0.39, 0.29) is 55.7 Å². The van der Waals surface area contributed by atoms with E-state index in [1.165, 1.54) is 35.9 Å². The van der Waals surface area contributed by atoms with Crippen LogP contribution in [0, 0.1) is 11.7 Å². The maximum atomic E-state index is 13.6. The normalized spacial score (nSPS) is 21.7. The summed E-state index contributed by atoms with van der Waals surface area (Å²) in [6, 6.07) is 5.93. The van der Waals surface area contributed by atoms with E-state index >= 15 is 0 Å². The molecule has 1 aliphatic carbocycles. The van der Waals surface area contributed by atoms with Crippen molar-refractivity contribution < 1.29 is 26.0 Å². The van der Waals surface area contributed by atoms with Gasteiger partial charge < -0.3 is 0 Å². The number of nitrogens with one attached hydrogen (secondary N) is 1. The Bertz CT molecular complexity index is 1540. The van der Waals surface area contributed by atoms with E-state index in [1.54, 1.807) is 12.1 Å². The molecule has 1 N–H and O–H groups in total. The molecule has 1 fully saturated rings. The third-order valence-corrected chi connectivity index (χ3v) is 9.33. The van der Waals surface area contributed by atoms with Crippen LogP contribution in [0.5, 0.6) is 0 Å². The number of nitrogens with zero attached hydrogens (tertiary/aromatic N) is 5. The Hall–Kier alpha value is -3.39. The maximum absolute atomic E-state index is 13.6. The van der Waals surface area contributed by atoms with Crippen molar-refractivity contribution in [3.05, 3.63) is 75.6 Å². The molecule has 0 amide bonds. The number of fused-ring (bicyclic) bond motifs is 1. The van der Waals surface area contributed by atoms with Crippen molar-refractivity contribution >= 4 is 10.0 Å². The topological polar surface area (TPSA) is 114 Å². The lowest BCUT2D eigenvalue weighted by atomic mass is 9.95. The molecule has 0 radical (unpaired) electrons. The van der Waals surface area contributed by atoms with Gasteiger partial charge in [0.25, 0.3) is 0 Å². The van der Waals surface area contributed by atoms with Crippen molar-refractivity contribution in [2.45, 2.75) is 43.7 Å². The van der Waals surface area contributed by atoms with Gasteiger partial charge in [0.15, 0.2) is 11.5 Å². The second kappa shape index (κ2) is 9.73. The van der Waals surface area contributed by atoms with Crippen molar-refractivity contribution in [3.8, 4) is 11.5 Å². The molecule has 1 aromatic carbocycles. The zero-order chi connectivity index (χ0) is 27.2. The van der Waals surface area contributed by atoms with E-state index in [0.29, 0.717) is 5.56 Å². The van der Waals surface area contributed by atoms with Gasteiger partial charge in [-0.25, -0.2) is 32.0 Å². The van der Waals surface area contributed by atoms with Gasteiger partial charge in [-0.1, -0.05) is 37.3 Å². The van der Waals surface area contributed by atoms with Crippen LogP contribution < -0.4 is 5.56 Å². The van der Waals surface area contributed by atoms with Crippen molar-refractivity contribution in [2.75, 3.05) is 13.1 Å². The van der Waals surface area contributed by atoms with E-state index in [2.05, 4.69) is 20.3 Å². The highest BCUT2D eigenvalue weighted by atomic mass is 32.2. The number of alkyl halides is 3. The summed E-state index contributed by atoms with van der Waals surface area (Å²) in [5.41, 5.74) is -1.07. The molecule has 3 aliphatic heterocycles. The first kappa shape index (κ1) is 26.2. The van der Waals surface area contributed by atoms with Gasteiger partial charge in [-0.2, -0.15) is 23.3 Å².